The van der Waals surface area contributed by atoms with Crippen molar-refractivity contribution in [2.75, 3.05) is 6.54 Å². The molecule has 5 heteroatoms. The highest BCUT2D eigenvalue weighted by Crippen LogP contribution is 2.27. The van der Waals surface area contributed by atoms with Crippen LogP contribution in [0.2, 0.25) is 0 Å². The first-order valence-corrected chi connectivity index (χ1v) is 6.81. The third-order valence-electron chi connectivity index (χ3n) is 3.23. The van der Waals surface area contributed by atoms with Crippen molar-refractivity contribution >= 4 is 5.91 Å². The molecule has 1 heterocycles. The molecule has 5 nitrogen and oxygen atoms in total. The molecule has 1 aromatic heterocycles. The lowest BCUT2D eigenvalue weighted by Gasteiger charge is -2.05. The fourth-order valence-electron chi connectivity index (χ4n) is 1.86. The molecule has 3 rings (SSSR count). The largest absolute Gasteiger partial charge is 0.471 e. The molecule has 1 aliphatic rings. The molecule has 0 saturated heterocycles. The number of carbonyl (C=O) groups is 1. The van der Waals surface area contributed by atoms with E-state index in [2.05, 4.69) is 10.4 Å². The topological polar surface area (TPSA) is 56.2 Å². The highest BCUT2D eigenvalue weighted by Gasteiger charge is 2.22. The Morgan fingerprint density at radius 1 is 1.30 bits per heavy atom. The standard InChI is InChI=1S/C15H17N3O2/c19-15(16-10-12-6-7-12)14-8-9-18(17-14)11-20-13-4-2-1-3-5-13/h1-5,8-9,12H,6-7,10-11H2,(H,16,19). The zero-order valence-corrected chi connectivity index (χ0v) is 11.2. The van der Waals surface area contributed by atoms with Crippen LogP contribution in [0.4, 0.5) is 0 Å². The number of ether oxygens (including phenoxy) is 1. The van der Waals surface area contributed by atoms with Gasteiger partial charge in [-0.25, -0.2) is 4.68 Å². The van der Waals surface area contributed by atoms with Gasteiger partial charge in [0.25, 0.3) is 5.91 Å². The minimum Gasteiger partial charge on any atom is -0.471 e. The number of carbonyl (C=O) groups excluding carboxylic acids is 1. The van der Waals surface area contributed by atoms with Gasteiger partial charge in [0.2, 0.25) is 0 Å². The molecule has 1 saturated carbocycles. The van der Waals surface area contributed by atoms with Crippen LogP contribution in [0, 0.1) is 5.92 Å². The smallest absolute Gasteiger partial charge is 0.271 e. The van der Waals surface area contributed by atoms with Gasteiger partial charge in [0.15, 0.2) is 6.73 Å². The van der Waals surface area contributed by atoms with Gasteiger partial charge in [0, 0.05) is 12.7 Å². The number of nitrogens with one attached hydrogen (secondary N) is 1. The molecule has 0 spiro atoms. The van der Waals surface area contributed by atoms with Gasteiger partial charge < -0.3 is 10.1 Å². The summed E-state index contributed by atoms with van der Waals surface area (Å²) in [5, 5.41) is 7.10. The fraction of sp³-hybridized carbons (Fsp3) is 0.333. The second kappa shape index (κ2) is 5.77. The molecule has 0 bridgehead atoms. The number of amides is 1. The van der Waals surface area contributed by atoms with E-state index in [9.17, 15) is 4.79 Å². The lowest BCUT2D eigenvalue weighted by Crippen LogP contribution is -2.26. The van der Waals surface area contributed by atoms with E-state index in [4.69, 9.17) is 4.74 Å². The van der Waals surface area contributed by atoms with Crippen molar-refractivity contribution in [2.45, 2.75) is 19.6 Å². The van der Waals surface area contributed by atoms with Crippen molar-refractivity contribution in [3.8, 4) is 5.75 Å². The molecule has 1 aliphatic carbocycles. The van der Waals surface area contributed by atoms with Crippen molar-refractivity contribution in [1.29, 1.82) is 0 Å². The van der Waals surface area contributed by atoms with Crippen LogP contribution in [0.1, 0.15) is 23.3 Å². The third kappa shape index (κ3) is 3.38. The van der Waals surface area contributed by atoms with Crippen molar-refractivity contribution in [3.63, 3.8) is 0 Å². The number of para-hydroxylation sites is 1. The van der Waals surface area contributed by atoms with E-state index in [1.54, 1.807) is 16.9 Å². The van der Waals surface area contributed by atoms with Crippen molar-refractivity contribution in [1.82, 2.24) is 15.1 Å². The highest BCUT2D eigenvalue weighted by atomic mass is 16.5. The maximum absolute atomic E-state index is 11.8. The summed E-state index contributed by atoms with van der Waals surface area (Å²) in [5.74, 6) is 1.33. The van der Waals surface area contributed by atoms with Crippen molar-refractivity contribution < 1.29 is 9.53 Å². The number of rotatable bonds is 6. The van der Waals surface area contributed by atoms with Crippen LogP contribution in [0.3, 0.4) is 0 Å². The second-order valence-electron chi connectivity index (χ2n) is 4.98. The Bertz CT molecular complexity index is 576. The molecule has 0 aliphatic heterocycles. The number of benzene rings is 1. The molecular weight excluding hydrogens is 254 g/mol. The first-order valence-electron chi connectivity index (χ1n) is 6.81. The predicted molar refractivity (Wildman–Crippen MR) is 74.4 cm³/mol. The first-order chi connectivity index (χ1) is 9.81. The Balaban J connectivity index is 1.52. The SMILES string of the molecule is O=C(NCC1CC1)c1ccn(COc2ccccc2)n1. The Morgan fingerprint density at radius 3 is 2.85 bits per heavy atom. The van der Waals surface area contributed by atoms with Gasteiger partial charge in [-0.15, -0.1) is 0 Å². The van der Waals surface area contributed by atoms with Gasteiger partial charge >= 0.3 is 0 Å². The van der Waals surface area contributed by atoms with Gasteiger partial charge in [0.05, 0.1) is 0 Å². The molecule has 20 heavy (non-hydrogen) atoms. The van der Waals surface area contributed by atoms with Crippen LogP contribution >= 0.6 is 0 Å². The summed E-state index contributed by atoms with van der Waals surface area (Å²) >= 11 is 0. The molecule has 0 radical (unpaired) electrons. The van der Waals surface area contributed by atoms with E-state index in [1.165, 1.54) is 12.8 Å². The summed E-state index contributed by atoms with van der Waals surface area (Å²) < 4.78 is 7.17. The maximum Gasteiger partial charge on any atom is 0.271 e. The van der Waals surface area contributed by atoms with Crippen molar-refractivity contribution in [2.24, 2.45) is 5.92 Å². The molecule has 1 aromatic carbocycles. The van der Waals surface area contributed by atoms with Crippen LogP contribution in [0.15, 0.2) is 42.6 Å². The van der Waals surface area contributed by atoms with Gasteiger partial charge in [-0.1, -0.05) is 18.2 Å². The van der Waals surface area contributed by atoms with Gasteiger partial charge in [0.1, 0.15) is 11.4 Å². The molecule has 104 valence electrons. The fourth-order valence-corrected chi connectivity index (χ4v) is 1.86. The predicted octanol–water partition coefficient (Wildman–Crippen LogP) is 2.06. The van der Waals surface area contributed by atoms with E-state index < -0.39 is 0 Å². The van der Waals surface area contributed by atoms with Crippen LogP contribution in [0.5, 0.6) is 5.75 Å². The van der Waals surface area contributed by atoms with Gasteiger partial charge in [-0.3, -0.25) is 4.79 Å². The lowest BCUT2D eigenvalue weighted by molar-refractivity contribution is 0.0944. The molecule has 1 N–H and O–H groups in total. The molecule has 1 amide bonds. The number of nitrogens with zero attached hydrogens (tertiary/aromatic N) is 2. The zero-order chi connectivity index (χ0) is 13.8. The maximum atomic E-state index is 11.8. The second-order valence-corrected chi connectivity index (χ2v) is 4.98. The Labute approximate surface area is 117 Å². The Kier molecular flexibility index (Phi) is 3.67. The average molecular weight is 271 g/mol. The number of aromatic nitrogens is 2. The third-order valence-corrected chi connectivity index (χ3v) is 3.23. The highest BCUT2D eigenvalue weighted by molar-refractivity contribution is 5.92. The summed E-state index contributed by atoms with van der Waals surface area (Å²) in [5.41, 5.74) is 0.433. The lowest BCUT2D eigenvalue weighted by atomic mass is 10.3. The van der Waals surface area contributed by atoms with Crippen LogP contribution in [0.25, 0.3) is 0 Å². The monoisotopic (exact) mass is 271 g/mol. The summed E-state index contributed by atoms with van der Waals surface area (Å²) in [7, 11) is 0. The summed E-state index contributed by atoms with van der Waals surface area (Å²) in [4.78, 5) is 11.8. The van der Waals surface area contributed by atoms with Gasteiger partial charge in [-0.05, 0) is 37.0 Å². The van der Waals surface area contributed by atoms with E-state index in [0.29, 0.717) is 18.3 Å². The minimum atomic E-state index is -0.115. The van der Waals surface area contributed by atoms with Crippen molar-refractivity contribution in [3.05, 3.63) is 48.3 Å². The molecular formula is C15H17N3O2. The van der Waals surface area contributed by atoms with E-state index >= 15 is 0 Å². The first kappa shape index (κ1) is 12.7. The van der Waals surface area contributed by atoms with E-state index in [-0.39, 0.29) is 5.91 Å². The molecule has 2 aromatic rings. The van der Waals surface area contributed by atoms with E-state index in [1.807, 2.05) is 30.3 Å². The van der Waals surface area contributed by atoms with Crippen LogP contribution in [-0.4, -0.2) is 22.2 Å². The van der Waals surface area contributed by atoms with Crippen LogP contribution < -0.4 is 10.1 Å². The number of hydrogen-bond acceptors (Lipinski definition) is 3. The quantitative estimate of drug-likeness (QED) is 0.875. The average Bonchev–Trinajstić information content (AvgIpc) is 3.20. The normalized spacial score (nSPS) is 14.0. The van der Waals surface area contributed by atoms with E-state index in [0.717, 1.165) is 12.3 Å². The Morgan fingerprint density at radius 2 is 2.10 bits per heavy atom. The summed E-state index contributed by atoms with van der Waals surface area (Å²) in [6.45, 7) is 1.05. The minimum absolute atomic E-state index is 0.115. The van der Waals surface area contributed by atoms with Gasteiger partial charge in [-0.2, -0.15) is 5.10 Å². The Hall–Kier alpha value is -2.30. The molecule has 1 fully saturated rings. The summed E-state index contributed by atoms with van der Waals surface area (Å²) in [6.07, 6.45) is 4.19. The molecule has 0 atom stereocenters. The zero-order valence-electron chi connectivity index (χ0n) is 11.2. The summed E-state index contributed by atoms with van der Waals surface area (Å²) in [6, 6.07) is 11.2. The van der Waals surface area contributed by atoms with Crippen LogP contribution in [-0.2, 0) is 6.73 Å². The number of hydrogen-bond donors (Lipinski definition) is 1. The molecule has 0 unspecified atom stereocenters.